The van der Waals surface area contributed by atoms with E-state index in [1.807, 2.05) is 11.8 Å². The predicted molar refractivity (Wildman–Crippen MR) is 63.2 cm³/mol. The molecule has 0 radical (unpaired) electrons. The Balaban J connectivity index is 1.88. The minimum Gasteiger partial charge on any atom is -0.369 e. The maximum atomic E-state index is 12.2. The van der Waals surface area contributed by atoms with E-state index in [1.54, 1.807) is 0 Å². The standard InChI is InChI=1S/C12H20O2S/c1-9-3-2-4-10(7-9)12(13)11-8-15-6-5-14-11/h9-11H,2-8H2,1H3. The molecule has 86 valence electrons. The van der Waals surface area contributed by atoms with Gasteiger partial charge in [0.2, 0.25) is 0 Å². The van der Waals surface area contributed by atoms with Crippen LogP contribution in [0.5, 0.6) is 0 Å². The van der Waals surface area contributed by atoms with Gasteiger partial charge in [-0.05, 0) is 18.8 Å². The van der Waals surface area contributed by atoms with E-state index in [2.05, 4.69) is 6.92 Å². The molecular weight excluding hydrogens is 208 g/mol. The molecule has 2 nitrogen and oxygen atoms in total. The predicted octanol–water partition coefficient (Wildman–Crippen LogP) is 2.51. The topological polar surface area (TPSA) is 26.3 Å². The molecule has 3 heteroatoms. The van der Waals surface area contributed by atoms with Crippen molar-refractivity contribution in [2.24, 2.45) is 11.8 Å². The molecule has 0 aromatic carbocycles. The van der Waals surface area contributed by atoms with Crippen molar-refractivity contribution >= 4 is 17.5 Å². The van der Waals surface area contributed by atoms with Crippen LogP contribution in [0.4, 0.5) is 0 Å². The van der Waals surface area contributed by atoms with Crippen molar-refractivity contribution in [3.63, 3.8) is 0 Å². The summed E-state index contributed by atoms with van der Waals surface area (Å²) in [7, 11) is 0. The number of Topliss-reactive ketones (excluding diaryl/α,β-unsaturated/α-hetero) is 1. The van der Waals surface area contributed by atoms with Gasteiger partial charge in [0.05, 0.1) is 6.61 Å². The van der Waals surface area contributed by atoms with Gasteiger partial charge in [-0.25, -0.2) is 0 Å². The highest BCUT2D eigenvalue weighted by Crippen LogP contribution is 2.31. The van der Waals surface area contributed by atoms with Gasteiger partial charge in [0.25, 0.3) is 0 Å². The summed E-state index contributed by atoms with van der Waals surface area (Å²) in [4.78, 5) is 12.2. The first-order chi connectivity index (χ1) is 7.27. The zero-order chi connectivity index (χ0) is 10.7. The fourth-order valence-electron chi connectivity index (χ4n) is 2.61. The monoisotopic (exact) mass is 228 g/mol. The van der Waals surface area contributed by atoms with Crippen molar-refractivity contribution in [1.29, 1.82) is 0 Å². The van der Waals surface area contributed by atoms with Crippen molar-refractivity contribution in [1.82, 2.24) is 0 Å². The molecular formula is C12H20O2S. The number of ether oxygens (including phenoxy) is 1. The Kier molecular flexibility index (Phi) is 4.09. The summed E-state index contributed by atoms with van der Waals surface area (Å²) in [5.41, 5.74) is 0. The quantitative estimate of drug-likeness (QED) is 0.726. The highest BCUT2D eigenvalue weighted by Gasteiger charge is 2.31. The van der Waals surface area contributed by atoms with Crippen molar-refractivity contribution < 1.29 is 9.53 Å². The van der Waals surface area contributed by atoms with Crippen LogP contribution >= 0.6 is 11.8 Å². The van der Waals surface area contributed by atoms with E-state index >= 15 is 0 Å². The molecule has 2 rings (SSSR count). The molecule has 3 atom stereocenters. The van der Waals surface area contributed by atoms with Gasteiger partial charge in [-0.3, -0.25) is 4.79 Å². The van der Waals surface area contributed by atoms with Crippen LogP contribution in [0.15, 0.2) is 0 Å². The molecule has 3 unspecified atom stereocenters. The second kappa shape index (κ2) is 5.35. The average Bonchev–Trinajstić information content (AvgIpc) is 2.29. The zero-order valence-corrected chi connectivity index (χ0v) is 10.2. The Morgan fingerprint density at radius 2 is 2.27 bits per heavy atom. The highest BCUT2D eigenvalue weighted by molar-refractivity contribution is 7.99. The zero-order valence-electron chi connectivity index (χ0n) is 9.41. The Morgan fingerprint density at radius 3 is 2.93 bits per heavy atom. The second-order valence-corrected chi connectivity index (χ2v) is 5.96. The number of carbonyl (C=O) groups is 1. The average molecular weight is 228 g/mol. The Morgan fingerprint density at radius 1 is 1.40 bits per heavy atom. The number of ketones is 1. The SMILES string of the molecule is CC1CCCC(C(=O)C2CSCCO2)C1. The molecule has 0 aromatic rings. The maximum absolute atomic E-state index is 12.2. The van der Waals surface area contributed by atoms with Crippen LogP contribution in [0, 0.1) is 11.8 Å². The van der Waals surface area contributed by atoms with Gasteiger partial charge < -0.3 is 4.74 Å². The molecule has 15 heavy (non-hydrogen) atoms. The van der Waals surface area contributed by atoms with Crippen LogP contribution in [0.2, 0.25) is 0 Å². The van der Waals surface area contributed by atoms with Crippen molar-refractivity contribution in [2.45, 2.75) is 38.7 Å². The third kappa shape index (κ3) is 2.97. The molecule has 1 heterocycles. The van der Waals surface area contributed by atoms with Crippen molar-refractivity contribution in [3.05, 3.63) is 0 Å². The van der Waals surface area contributed by atoms with E-state index in [4.69, 9.17) is 4.74 Å². The summed E-state index contributed by atoms with van der Waals surface area (Å²) in [5.74, 6) is 3.32. The van der Waals surface area contributed by atoms with E-state index in [0.717, 1.165) is 36.9 Å². The van der Waals surface area contributed by atoms with Gasteiger partial charge in [0, 0.05) is 17.4 Å². The molecule has 0 bridgehead atoms. The number of hydrogen-bond acceptors (Lipinski definition) is 3. The second-order valence-electron chi connectivity index (χ2n) is 4.81. The van der Waals surface area contributed by atoms with Crippen molar-refractivity contribution in [3.8, 4) is 0 Å². The van der Waals surface area contributed by atoms with Gasteiger partial charge in [0.15, 0.2) is 5.78 Å². The van der Waals surface area contributed by atoms with Crippen LogP contribution in [-0.2, 0) is 9.53 Å². The Labute approximate surface area is 96.1 Å². The van der Waals surface area contributed by atoms with Gasteiger partial charge in [0.1, 0.15) is 6.10 Å². The number of carbonyl (C=O) groups excluding carboxylic acids is 1. The highest BCUT2D eigenvalue weighted by atomic mass is 32.2. The van der Waals surface area contributed by atoms with Gasteiger partial charge in [-0.1, -0.05) is 19.8 Å². The van der Waals surface area contributed by atoms with E-state index in [-0.39, 0.29) is 12.0 Å². The van der Waals surface area contributed by atoms with Gasteiger partial charge in [-0.2, -0.15) is 11.8 Å². The smallest absolute Gasteiger partial charge is 0.165 e. The lowest BCUT2D eigenvalue weighted by atomic mass is 9.79. The molecule has 0 N–H and O–H groups in total. The Hall–Kier alpha value is -0.0200. The summed E-state index contributed by atoms with van der Waals surface area (Å²) in [6.45, 7) is 3.01. The molecule has 1 aliphatic heterocycles. The summed E-state index contributed by atoms with van der Waals surface area (Å²) in [5, 5.41) is 0. The van der Waals surface area contributed by atoms with Gasteiger partial charge in [-0.15, -0.1) is 0 Å². The summed E-state index contributed by atoms with van der Waals surface area (Å²) in [6.07, 6.45) is 4.59. The summed E-state index contributed by atoms with van der Waals surface area (Å²) < 4.78 is 5.56. The van der Waals surface area contributed by atoms with E-state index in [0.29, 0.717) is 5.78 Å². The van der Waals surface area contributed by atoms with Crippen molar-refractivity contribution in [2.75, 3.05) is 18.1 Å². The minimum absolute atomic E-state index is 0.0981. The first-order valence-electron chi connectivity index (χ1n) is 6.00. The van der Waals surface area contributed by atoms with Crippen LogP contribution < -0.4 is 0 Å². The molecule has 1 saturated carbocycles. The third-order valence-corrected chi connectivity index (χ3v) is 4.47. The van der Waals surface area contributed by atoms with E-state index in [1.165, 1.54) is 12.8 Å². The van der Waals surface area contributed by atoms with Crippen LogP contribution in [-0.4, -0.2) is 30.0 Å². The fourth-order valence-corrected chi connectivity index (χ4v) is 3.46. The van der Waals surface area contributed by atoms with Crippen LogP contribution in [0.25, 0.3) is 0 Å². The lowest BCUT2D eigenvalue weighted by Gasteiger charge is -2.30. The fraction of sp³-hybridized carbons (Fsp3) is 0.917. The molecule has 2 fully saturated rings. The molecule has 0 amide bonds. The summed E-state index contributed by atoms with van der Waals surface area (Å²) >= 11 is 1.85. The first kappa shape index (κ1) is 11.5. The largest absolute Gasteiger partial charge is 0.369 e. The molecule has 2 aliphatic rings. The summed E-state index contributed by atoms with van der Waals surface area (Å²) in [6, 6.07) is 0. The number of thioether (sulfide) groups is 1. The minimum atomic E-state index is -0.0981. The van der Waals surface area contributed by atoms with Gasteiger partial charge >= 0.3 is 0 Å². The van der Waals surface area contributed by atoms with Crippen LogP contribution in [0.1, 0.15) is 32.6 Å². The number of rotatable bonds is 2. The normalized spacial score (nSPS) is 37.5. The molecule has 1 saturated heterocycles. The lowest BCUT2D eigenvalue weighted by Crippen LogP contribution is -2.37. The first-order valence-corrected chi connectivity index (χ1v) is 7.16. The maximum Gasteiger partial charge on any atom is 0.165 e. The molecule has 1 aliphatic carbocycles. The lowest BCUT2D eigenvalue weighted by molar-refractivity contribution is -0.134. The molecule has 0 spiro atoms. The Bertz CT molecular complexity index is 224. The van der Waals surface area contributed by atoms with Crippen LogP contribution in [0.3, 0.4) is 0 Å². The third-order valence-electron chi connectivity index (χ3n) is 3.47. The molecule has 0 aromatic heterocycles. The van der Waals surface area contributed by atoms with E-state index < -0.39 is 0 Å². The number of hydrogen-bond donors (Lipinski definition) is 0. The van der Waals surface area contributed by atoms with E-state index in [9.17, 15) is 4.79 Å².